The van der Waals surface area contributed by atoms with Gasteiger partial charge in [0.1, 0.15) is 5.76 Å². The standard InChI is InChI=1S/C14H14INO/c15-14-6-5-13(17-14)9-16-12-7-10-3-1-2-4-11(10)8-12/h1-6,12,16H,7-9H2. The molecule has 1 aromatic carbocycles. The Balaban J connectivity index is 1.59. The van der Waals surface area contributed by atoms with E-state index in [2.05, 4.69) is 52.2 Å². The van der Waals surface area contributed by atoms with Gasteiger partial charge in [0.25, 0.3) is 0 Å². The molecule has 3 rings (SSSR count). The second kappa shape index (κ2) is 4.82. The molecule has 1 heterocycles. The van der Waals surface area contributed by atoms with Gasteiger partial charge in [0.15, 0.2) is 3.77 Å². The fraction of sp³-hybridized carbons (Fsp3) is 0.286. The van der Waals surface area contributed by atoms with Crippen molar-refractivity contribution in [3.8, 4) is 0 Å². The first kappa shape index (κ1) is 11.3. The lowest BCUT2D eigenvalue weighted by Gasteiger charge is -2.09. The maximum Gasteiger partial charge on any atom is 0.164 e. The molecule has 1 aliphatic carbocycles. The highest BCUT2D eigenvalue weighted by molar-refractivity contribution is 14.1. The lowest BCUT2D eigenvalue weighted by molar-refractivity contribution is 0.436. The van der Waals surface area contributed by atoms with Gasteiger partial charge in [-0.25, -0.2) is 0 Å². The maximum absolute atomic E-state index is 5.54. The molecule has 1 N–H and O–H groups in total. The van der Waals surface area contributed by atoms with Gasteiger partial charge in [-0.3, -0.25) is 0 Å². The van der Waals surface area contributed by atoms with Crippen LogP contribution >= 0.6 is 22.6 Å². The minimum Gasteiger partial charge on any atom is -0.454 e. The zero-order valence-electron chi connectivity index (χ0n) is 9.45. The van der Waals surface area contributed by atoms with E-state index in [0.29, 0.717) is 6.04 Å². The fourth-order valence-corrected chi connectivity index (χ4v) is 2.86. The van der Waals surface area contributed by atoms with Crippen molar-refractivity contribution >= 4 is 22.6 Å². The summed E-state index contributed by atoms with van der Waals surface area (Å²) in [6.45, 7) is 0.821. The summed E-state index contributed by atoms with van der Waals surface area (Å²) in [6, 6.07) is 13.3. The van der Waals surface area contributed by atoms with Crippen LogP contribution in [-0.2, 0) is 19.4 Å². The van der Waals surface area contributed by atoms with E-state index in [1.807, 2.05) is 12.1 Å². The van der Waals surface area contributed by atoms with Crippen LogP contribution in [0.15, 0.2) is 40.8 Å². The van der Waals surface area contributed by atoms with Gasteiger partial charge in [0.05, 0.1) is 6.54 Å². The first-order valence-corrected chi connectivity index (χ1v) is 6.93. The number of hydrogen-bond acceptors (Lipinski definition) is 2. The van der Waals surface area contributed by atoms with E-state index in [0.717, 1.165) is 28.9 Å². The molecule has 0 aliphatic heterocycles. The van der Waals surface area contributed by atoms with E-state index >= 15 is 0 Å². The molecule has 0 spiro atoms. The van der Waals surface area contributed by atoms with Crippen LogP contribution in [0.1, 0.15) is 16.9 Å². The summed E-state index contributed by atoms with van der Waals surface area (Å²) < 4.78 is 6.50. The third kappa shape index (κ3) is 2.55. The van der Waals surface area contributed by atoms with Gasteiger partial charge in [-0.2, -0.15) is 0 Å². The summed E-state index contributed by atoms with van der Waals surface area (Å²) in [5.41, 5.74) is 2.97. The fourth-order valence-electron chi connectivity index (χ4n) is 2.39. The number of fused-ring (bicyclic) bond motifs is 1. The van der Waals surface area contributed by atoms with Gasteiger partial charge >= 0.3 is 0 Å². The molecule has 1 aliphatic rings. The zero-order valence-corrected chi connectivity index (χ0v) is 11.6. The van der Waals surface area contributed by atoms with Gasteiger partial charge in [0, 0.05) is 6.04 Å². The molecule has 0 saturated heterocycles. The maximum atomic E-state index is 5.54. The molecule has 17 heavy (non-hydrogen) atoms. The predicted octanol–water partition coefficient (Wildman–Crippen LogP) is 3.14. The minimum absolute atomic E-state index is 0.551. The smallest absolute Gasteiger partial charge is 0.164 e. The van der Waals surface area contributed by atoms with Crippen molar-refractivity contribution < 1.29 is 4.42 Å². The summed E-state index contributed by atoms with van der Waals surface area (Å²) in [4.78, 5) is 0. The first-order chi connectivity index (χ1) is 8.31. The third-order valence-corrected chi connectivity index (χ3v) is 3.82. The van der Waals surface area contributed by atoms with E-state index < -0.39 is 0 Å². The first-order valence-electron chi connectivity index (χ1n) is 5.85. The Labute approximate surface area is 115 Å². The summed E-state index contributed by atoms with van der Waals surface area (Å²) in [5.74, 6) is 1.02. The molecule has 0 amide bonds. The summed E-state index contributed by atoms with van der Waals surface area (Å²) in [5, 5.41) is 3.56. The van der Waals surface area contributed by atoms with Crippen LogP contribution in [0.5, 0.6) is 0 Å². The Bertz CT molecular complexity index is 495. The molecule has 88 valence electrons. The highest BCUT2D eigenvalue weighted by Crippen LogP contribution is 2.22. The van der Waals surface area contributed by atoms with Crippen molar-refractivity contribution in [2.75, 3.05) is 0 Å². The third-order valence-electron chi connectivity index (χ3n) is 3.24. The molecule has 3 heteroatoms. The summed E-state index contributed by atoms with van der Waals surface area (Å²) >= 11 is 2.19. The number of halogens is 1. The van der Waals surface area contributed by atoms with Crippen molar-refractivity contribution in [2.45, 2.75) is 25.4 Å². The van der Waals surface area contributed by atoms with E-state index in [4.69, 9.17) is 4.42 Å². The van der Waals surface area contributed by atoms with Crippen LogP contribution < -0.4 is 5.32 Å². The lowest BCUT2D eigenvalue weighted by Crippen LogP contribution is -2.28. The number of benzene rings is 1. The van der Waals surface area contributed by atoms with Crippen LogP contribution in [0.3, 0.4) is 0 Å². The monoisotopic (exact) mass is 339 g/mol. The number of hydrogen-bond donors (Lipinski definition) is 1. The van der Waals surface area contributed by atoms with E-state index in [-0.39, 0.29) is 0 Å². The molecule has 0 bridgehead atoms. The van der Waals surface area contributed by atoms with Crippen molar-refractivity contribution in [1.29, 1.82) is 0 Å². The molecule has 0 radical (unpaired) electrons. The van der Waals surface area contributed by atoms with Crippen molar-refractivity contribution in [1.82, 2.24) is 5.32 Å². The Morgan fingerprint density at radius 3 is 2.41 bits per heavy atom. The molecule has 2 aromatic rings. The zero-order chi connectivity index (χ0) is 11.7. The van der Waals surface area contributed by atoms with Gasteiger partial charge in [-0.1, -0.05) is 24.3 Å². The normalized spacial score (nSPS) is 15.1. The van der Waals surface area contributed by atoms with Crippen LogP contribution in [0, 0.1) is 3.77 Å². The van der Waals surface area contributed by atoms with Crippen LogP contribution in [0.4, 0.5) is 0 Å². The second-order valence-corrected chi connectivity index (χ2v) is 5.52. The average molecular weight is 339 g/mol. The van der Waals surface area contributed by atoms with Crippen molar-refractivity contribution in [2.24, 2.45) is 0 Å². The van der Waals surface area contributed by atoms with Gasteiger partial charge < -0.3 is 9.73 Å². The SMILES string of the molecule is Ic1ccc(CNC2Cc3ccccc3C2)o1. The predicted molar refractivity (Wildman–Crippen MR) is 75.9 cm³/mol. The van der Waals surface area contributed by atoms with Crippen molar-refractivity contribution in [3.05, 3.63) is 57.1 Å². The van der Waals surface area contributed by atoms with E-state index in [9.17, 15) is 0 Å². The number of furan rings is 1. The Hall–Kier alpha value is -0.810. The van der Waals surface area contributed by atoms with Gasteiger partial charge in [0.2, 0.25) is 0 Å². The minimum atomic E-state index is 0.551. The number of rotatable bonds is 3. The highest BCUT2D eigenvalue weighted by atomic mass is 127. The second-order valence-electron chi connectivity index (χ2n) is 4.46. The van der Waals surface area contributed by atoms with Gasteiger partial charge in [-0.05, 0) is 58.7 Å². The molecular formula is C14H14INO. The molecular weight excluding hydrogens is 325 g/mol. The number of nitrogens with one attached hydrogen (secondary N) is 1. The summed E-state index contributed by atoms with van der Waals surface area (Å²) in [6.07, 6.45) is 2.27. The highest BCUT2D eigenvalue weighted by Gasteiger charge is 2.20. The Morgan fingerprint density at radius 1 is 1.12 bits per heavy atom. The summed E-state index contributed by atoms with van der Waals surface area (Å²) in [7, 11) is 0. The van der Waals surface area contributed by atoms with Crippen LogP contribution in [-0.4, -0.2) is 6.04 Å². The lowest BCUT2D eigenvalue weighted by atomic mass is 10.1. The molecule has 0 unspecified atom stereocenters. The molecule has 0 saturated carbocycles. The molecule has 1 aromatic heterocycles. The largest absolute Gasteiger partial charge is 0.454 e. The quantitative estimate of drug-likeness (QED) is 0.870. The van der Waals surface area contributed by atoms with Crippen LogP contribution in [0.25, 0.3) is 0 Å². The van der Waals surface area contributed by atoms with E-state index in [1.54, 1.807) is 0 Å². The topological polar surface area (TPSA) is 25.2 Å². The molecule has 0 atom stereocenters. The van der Waals surface area contributed by atoms with Crippen LogP contribution in [0.2, 0.25) is 0 Å². The Morgan fingerprint density at radius 2 is 1.82 bits per heavy atom. The van der Waals surface area contributed by atoms with Crippen molar-refractivity contribution in [3.63, 3.8) is 0 Å². The van der Waals surface area contributed by atoms with E-state index in [1.165, 1.54) is 11.1 Å². The van der Waals surface area contributed by atoms with Gasteiger partial charge in [-0.15, -0.1) is 0 Å². The average Bonchev–Trinajstić information content (AvgIpc) is 2.91. The molecule has 2 nitrogen and oxygen atoms in total. The Kier molecular flexibility index (Phi) is 3.20. The molecule has 0 fully saturated rings.